The summed E-state index contributed by atoms with van der Waals surface area (Å²) >= 11 is 12.0. The van der Waals surface area contributed by atoms with E-state index in [0.717, 1.165) is 5.56 Å². The summed E-state index contributed by atoms with van der Waals surface area (Å²) in [5.74, 6) is -0.348. The van der Waals surface area contributed by atoms with E-state index in [9.17, 15) is 13.2 Å². The van der Waals surface area contributed by atoms with Gasteiger partial charge in [0.25, 0.3) is 15.9 Å². The monoisotopic (exact) mass is 386 g/mol. The summed E-state index contributed by atoms with van der Waals surface area (Å²) in [5, 5.41) is 0.406. The second kappa shape index (κ2) is 7.01. The maximum atomic E-state index is 12.6. The highest BCUT2D eigenvalue weighted by atomic mass is 35.5. The first-order valence-electron chi connectivity index (χ1n) is 6.92. The van der Waals surface area contributed by atoms with Crippen LogP contribution < -0.4 is 4.72 Å². The van der Waals surface area contributed by atoms with Crippen LogP contribution in [0.2, 0.25) is 10.0 Å². The Kier molecular flexibility index (Phi) is 5.42. The number of anilines is 1. The molecule has 0 aliphatic carbocycles. The van der Waals surface area contributed by atoms with Crippen LogP contribution in [-0.4, -0.2) is 33.3 Å². The molecule has 0 saturated heterocycles. The lowest BCUT2D eigenvalue weighted by Crippen LogP contribution is -2.24. The molecule has 1 N–H and O–H groups in total. The van der Waals surface area contributed by atoms with Gasteiger partial charge in [0.05, 0.1) is 16.3 Å². The van der Waals surface area contributed by atoms with Crippen molar-refractivity contribution in [1.29, 1.82) is 0 Å². The molecule has 24 heavy (non-hydrogen) atoms. The highest BCUT2D eigenvalue weighted by molar-refractivity contribution is 7.92. The first kappa shape index (κ1) is 18.6. The van der Waals surface area contributed by atoms with Gasteiger partial charge in [-0.1, -0.05) is 29.3 Å². The molecule has 8 heteroatoms. The Morgan fingerprint density at radius 3 is 2.33 bits per heavy atom. The van der Waals surface area contributed by atoms with E-state index in [1.165, 1.54) is 29.2 Å². The van der Waals surface area contributed by atoms with Gasteiger partial charge < -0.3 is 4.90 Å². The number of nitrogens with one attached hydrogen (secondary N) is 1. The fraction of sp³-hybridized carbons (Fsp3) is 0.188. The predicted octanol–water partition coefficient (Wildman–Crippen LogP) is 3.80. The number of benzene rings is 2. The fourth-order valence-corrected chi connectivity index (χ4v) is 3.89. The van der Waals surface area contributed by atoms with Gasteiger partial charge in [0, 0.05) is 19.1 Å². The summed E-state index contributed by atoms with van der Waals surface area (Å²) in [6, 6.07) is 8.99. The topological polar surface area (TPSA) is 66.5 Å². The SMILES string of the molecule is Cc1ccc(S(=O)(=O)Nc2cc(Cl)ccc2C(=O)N(C)C)c(Cl)c1. The summed E-state index contributed by atoms with van der Waals surface area (Å²) < 4.78 is 27.6. The number of sulfonamides is 1. The highest BCUT2D eigenvalue weighted by Crippen LogP contribution is 2.28. The molecule has 0 bridgehead atoms. The minimum absolute atomic E-state index is 0.0713. The normalized spacial score (nSPS) is 11.2. The quantitative estimate of drug-likeness (QED) is 0.868. The number of carbonyl (C=O) groups excluding carboxylic acids is 1. The van der Waals surface area contributed by atoms with Crippen LogP contribution in [0.1, 0.15) is 15.9 Å². The third kappa shape index (κ3) is 4.01. The number of hydrogen-bond donors (Lipinski definition) is 1. The van der Waals surface area contributed by atoms with Crippen LogP contribution in [0.3, 0.4) is 0 Å². The molecule has 5 nitrogen and oxygen atoms in total. The van der Waals surface area contributed by atoms with Gasteiger partial charge in [-0.05, 0) is 42.8 Å². The molecule has 1 amide bonds. The molecule has 0 aliphatic heterocycles. The first-order valence-corrected chi connectivity index (χ1v) is 9.16. The van der Waals surface area contributed by atoms with Gasteiger partial charge in [0.2, 0.25) is 0 Å². The number of carbonyl (C=O) groups is 1. The van der Waals surface area contributed by atoms with Crippen LogP contribution in [0.5, 0.6) is 0 Å². The Morgan fingerprint density at radius 2 is 1.75 bits per heavy atom. The zero-order valence-electron chi connectivity index (χ0n) is 13.3. The van der Waals surface area contributed by atoms with Crippen molar-refractivity contribution in [2.45, 2.75) is 11.8 Å². The van der Waals surface area contributed by atoms with E-state index in [2.05, 4.69) is 4.72 Å². The van der Waals surface area contributed by atoms with Crippen LogP contribution >= 0.6 is 23.2 Å². The number of aryl methyl sites for hydroxylation is 1. The van der Waals surface area contributed by atoms with E-state index < -0.39 is 10.0 Å². The average Bonchev–Trinajstić information content (AvgIpc) is 2.45. The van der Waals surface area contributed by atoms with Gasteiger partial charge in [-0.2, -0.15) is 0 Å². The molecule has 0 atom stereocenters. The molecule has 128 valence electrons. The van der Waals surface area contributed by atoms with Crippen LogP contribution in [0.25, 0.3) is 0 Å². The van der Waals surface area contributed by atoms with Gasteiger partial charge >= 0.3 is 0 Å². The molecule has 0 aliphatic rings. The van der Waals surface area contributed by atoms with E-state index in [1.54, 1.807) is 33.2 Å². The Morgan fingerprint density at radius 1 is 1.08 bits per heavy atom. The van der Waals surface area contributed by atoms with Gasteiger partial charge in [-0.3, -0.25) is 9.52 Å². The third-order valence-corrected chi connectivity index (χ3v) is 5.32. The highest BCUT2D eigenvalue weighted by Gasteiger charge is 2.22. The molecule has 0 saturated carbocycles. The number of halogens is 2. The van der Waals surface area contributed by atoms with Crippen molar-refractivity contribution >= 4 is 44.8 Å². The van der Waals surface area contributed by atoms with Crippen molar-refractivity contribution in [2.75, 3.05) is 18.8 Å². The van der Waals surface area contributed by atoms with Crippen molar-refractivity contribution in [3.63, 3.8) is 0 Å². The summed E-state index contributed by atoms with van der Waals surface area (Å²) in [7, 11) is -0.820. The fourth-order valence-electron chi connectivity index (χ4n) is 2.05. The Labute approximate surface area is 151 Å². The Hall–Kier alpha value is -1.76. The smallest absolute Gasteiger partial charge is 0.263 e. The van der Waals surface area contributed by atoms with Crippen LogP contribution in [0.15, 0.2) is 41.3 Å². The zero-order valence-corrected chi connectivity index (χ0v) is 15.6. The summed E-state index contributed by atoms with van der Waals surface area (Å²) in [6.45, 7) is 1.81. The minimum Gasteiger partial charge on any atom is -0.345 e. The largest absolute Gasteiger partial charge is 0.345 e. The number of rotatable bonds is 4. The Balaban J connectivity index is 2.50. The second-order valence-electron chi connectivity index (χ2n) is 5.43. The predicted molar refractivity (Wildman–Crippen MR) is 96.5 cm³/mol. The molecule has 0 radical (unpaired) electrons. The van der Waals surface area contributed by atoms with Crippen molar-refractivity contribution in [2.24, 2.45) is 0 Å². The summed E-state index contributed by atoms with van der Waals surface area (Å²) in [5.41, 5.74) is 1.12. The van der Waals surface area contributed by atoms with Crippen LogP contribution in [0.4, 0.5) is 5.69 Å². The molecule has 0 aromatic heterocycles. The molecule has 2 aromatic carbocycles. The lowest BCUT2D eigenvalue weighted by molar-refractivity contribution is 0.0828. The van der Waals surface area contributed by atoms with Crippen LogP contribution in [0, 0.1) is 6.92 Å². The number of hydrogen-bond acceptors (Lipinski definition) is 3. The van der Waals surface area contributed by atoms with Crippen LogP contribution in [-0.2, 0) is 10.0 Å². The summed E-state index contributed by atoms with van der Waals surface area (Å²) in [6.07, 6.45) is 0. The second-order valence-corrected chi connectivity index (χ2v) is 7.92. The number of nitrogens with zero attached hydrogens (tertiary/aromatic N) is 1. The van der Waals surface area contributed by atoms with Gasteiger partial charge in [0.1, 0.15) is 4.90 Å². The maximum absolute atomic E-state index is 12.6. The van der Waals surface area contributed by atoms with E-state index in [4.69, 9.17) is 23.2 Å². The molecule has 2 aromatic rings. The molecule has 0 unspecified atom stereocenters. The van der Waals surface area contributed by atoms with E-state index in [0.29, 0.717) is 5.02 Å². The molecular weight excluding hydrogens is 371 g/mol. The standard InChI is InChI=1S/C16H16Cl2N2O3S/c1-10-4-7-15(13(18)8-10)24(22,23)19-14-9-11(17)5-6-12(14)16(21)20(2)3/h4-9,19H,1-3H3. The molecule has 0 spiro atoms. The van der Waals surface area contributed by atoms with Crippen molar-refractivity contribution in [1.82, 2.24) is 4.90 Å². The molecule has 0 heterocycles. The maximum Gasteiger partial charge on any atom is 0.263 e. The number of amides is 1. The average molecular weight is 387 g/mol. The van der Waals surface area contributed by atoms with Gasteiger partial charge in [-0.25, -0.2) is 8.42 Å². The zero-order chi connectivity index (χ0) is 18.1. The van der Waals surface area contributed by atoms with Crippen molar-refractivity contribution < 1.29 is 13.2 Å². The summed E-state index contributed by atoms with van der Waals surface area (Å²) in [4.78, 5) is 13.5. The van der Waals surface area contributed by atoms with Gasteiger partial charge in [0.15, 0.2) is 0 Å². The van der Waals surface area contributed by atoms with E-state index >= 15 is 0 Å². The van der Waals surface area contributed by atoms with Crippen molar-refractivity contribution in [3.8, 4) is 0 Å². The first-order chi connectivity index (χ1) is 11.1. The van der Waals surface area contributed by atoms with Crippen molar-refractivity contribution in [3.05, 3.63) is 57.6 Å². The lowest BCUT2D eigenvalue weighted by atomic mass is 10.1. The van der Waals surface area contributed by atoms with E-state index in [1.807, 2.05) is 0 Å². The molecule has 0 fully saturated rings. The third-order valence-electron chi connectivity index (χ3n) is 3.24. The lowest BCUT2D eigenvalue weighted by Gasteiger charge is -2.16. The Bertz CT molecular complexity index is 896. The van der Waals surface area contributed by atoms with E-state index in [-0.39, 0.29) is 27.1 Å². The minimum atomic E-state index is -3.97. The molecular formula is C16H16Cl2N2O3S. The molecule has 2 rings (SSSR count). The van der Waals surface area contributed by atoms with Gasteiger partial charge in [-0.15, -0.1) is 0 Å².